The van der Waals surface area contributed by atoms with Gasteiger partial charge in [0.1, 0.15) is 0 Å². The van der Waals surface area contributed by atoms with Crippen LogP contribution in [0, 0.1) is 0 Å². The van der Waals surface area contributed by atoms with Crippen LogP contribution in [0.5, 0.6) is 0 Å². The molecule has 0 saturated heterocycles. The minimum absolute atomic E-state index is 0.0283. The van der Waals surface area contributed by atoms with Crippen molar-refractivity contribution in [2.75, 3.05) is 6.61 Å². The third kappa shape index (κ3) is 49.9. The molecule has 1 amide bonds. The summed E-state index contributed by atoms with van der Waals surface area (Å²) in [7, 11) is 0. The van der Waals surface area contributed by atoms with Crippen molar-refractivity contribution in [3.8, 4) is 0 Å². The molecule has 62 heavy (non-hydrogen) atoms. The highest BCUT2D eigenvalue weighted by Crippen LogP contribution is 2.17. The number of nitrogens with one attached hydrogen (secondary N) is 1. The highest BCUT2D eigenvalue weighted by molar-refractivity contribution is 5.76. The summed E-state index contributed by atoms with van der Waals surface area (Å²) in [4.78, 5) is 12.4. The van der Waals surface area contributed by atoms with Crippen molar-refractivity contribution in [1.82, 2.24) is 5.32 Å². The fourth-order valence-corrected chi connectivity index (χ4v) is 9.10. The Balaban J connectivity index is 3.36. The third-order valence-electron chi connectivity index (χ3n) is 13.5. The summed E-state index contributed by atoms with van der Waals surface area (Å²) in [6.07, 6.45) is 71.9. The average molecular weight is 873 g/mol. The van der Waals surface area contributed by atoms with Gasteiger partial charge in [-0.25, -0.2) is 0 Å². The number of carbonyl (C=O) groups excluding carboxylic acids is 1. The molecule has 368 valence electrons. The number of unbranched alkanes of at least 4 members (excludes halogenated alkanes) is 42. The van der Waals surface area contributed by atoms with Crippen LogP contribution in [-0.2, 0) is 4.79 Å². The quantitative estimate of drug-likeness (QED) is 0.0421. The predicted molar refractivity (Wildman–Crippen MR) is 276 cm³/mol. The molecule has 0 aliphatic heterocycles. The van der Waals surface area contributed by atoms with E-state index in [4.69, 9.17) is 0 Å². The average Bonchev–Trinajstić information content (AvgIpc) is 3.28. The van der Waals surface area contributed by atoms with Crippen molar-refractivity contribution in [3.63, 3.8) is 0 Å². The molecule has 0 aromatic rings. The smallest absolute Gasteiger partial charge is 0.220 e. The Bertz CT molecular complexity index is 901. The molecule has 0 aliphatic carbocycles. The standard InChI is InChI=1S/C58H113NO3/c1-3-5-7-9-11-13-15-16-17-18-19-20-21-22-23-24-25-26-27-28-29-30-31-32-33-34-35-36-37-38-39-40-41-42-44-46-48-50-52-54-58(62)59-56(55-60)57(61)53-51-49-47-45-43-14-12-10-8-6-4-2/h25-26,28-29,56-57,60-61H,3-24,27,30-55H2,1-2H3,(H,59,62)/b26-25-,29-28-. The van der Waals surface area contributed by atoms with Crippen LogP contribution in [0.15, 0.2) is 24.3 Å². The maximum absolute atomic E-state index is 12.4. The zero-order valence-electron chi connectivity index (χ0n) is 42.4. The minimum Gasteiger partial charge on any atom is -0.394 e. The Kier molecular flexibility index (Phi) is 53.2. The molecule has 0 aromatic heterocycles. The summed E-state index contributed by atoms with van der Waals surface area (Å²) < 4.78 is 0. The van der Waals surface area contributed by atoms with Gasteiger partial charge in [-0.15, -0.1) is 0 Å². The lowest BCUT2D eigenvalue weighted by atomic mass is 10.0. The van der Waals surface area contributed by atoms with Crippen molar-refractivity contribution < 1.29 is 15.0 Å². The largest absolute Gasteiger partial charge is 0.394 e. The van der Waals surface area contributed by atoms with Crippen molar-refractivity contribution in [2.45, 2.75) is 334 Å². The van der Waals surface area contributed by atoms with Gasteiger partial charge in [0.05, 0.1) is 18.8 Å². The molecule has 4 heteroatoms. The van der Waals surface area contributed by atoms with E-state index >= 15 is 0 Å². The number of rotatable bonds is 53. The lowest BCUT2D eigenvalue weighted by Crippen LogP contribution is -2.45. The molecule has 0 saturated carbocycles. The second kappa shape index (κ2) is 54.2. The molecule has 0 spiro atoms. The first kappa shape index (κ1) is 60.9. The molecule has 2 atom stereocenters. The zero-order valence-corrected chi connectivity index (χ0v) is 42.4. The zero-order chi connectivity index (χ0) is 44.9. The summed E-state index contributed by atoms with van der Waals surface area (Å²) in [6.45, 7) is 4.37. The topological polar surface area (TPSA) is 69.6 Å². The van der Waals surface area contributed by atoms with E-state index in [-0.39, 0.29) is 12.5 Å². The SMILES string of the molecule is CCCCCCCCCCCCCCCCC/C=C\C/C=C\CCCCCCCCCCCCCCCCCCCC(=O)NC(CO)C(O)CCCCCCCCCCCCC. The van der Waals surface area contributed by atoms with E-state index in [1.807, 2.05) is 0 Å². The van der Waals surface area contributed by atoms with Gasteiger partial charge in [-0.3, -0.25) is 4.79 Å². The van der Waals surface area contributed by atoms with Crippen molar-refractivity contribution in [1.29, 1.82) is 0 Å². The first-order valence-electron chi connectivity index (χ1n) is 28.5. The molecule has 0 aromatic carbocycles. The summed E-state index contributed by atoms with van der Waals surface area (Å²) in [6, 6.07) is -0.533. The maximum atomic E-state index is 12.4. The Morgan fingerprint density at radius 3 is 0.968 bits per heavy atom. The first-order valence-corrected chi connectivity index (χ1v) is 28.5. The monoisotopic (exact) mass is 872 g/mol. The molecule has 0 bridgehead atoms. The molecule has 0 fully saturated rings. The van der Waals surface area contributed by atoms with E-state index in [0.29, 0.717) is 12.8 Å². The predicted octanol–water partition coefficient (Wildman–Crippen LogP) is 18.7. The minimum atomic E-state index is -0.656. The van der Waals surface area contributed by atoms with E-state index in [1.54, 1.807) is 0 Å². The maximum Gasteiger partial charge on any atom is 0.220 e. The molecular formula is C58H113NO3. The van der Waals surface area contributed by atoms with Crippen LogP contribution in [0.25, 0.3) is 0 Å². The fourth-order valence-electron chi connectivity index (χ4n) is 9.10. The summed E-state index contributed by atoms with van der Waals surface area (Å²) >= 11 is 0. The molecule has 0 rings (SSSR count). The summed E-state index contributed by atoms with van der Waals surface area (Å²) in [5.41, 5.74) is 0. The number of hydrogen-bond acceptors (Lipinski definition) is 3. The van der Waals surface area contributed by atoms with E-state index in [1.165, 1.54) is 263 Å². The molecular weight excluding hydrogens is 759 g/mol. The molecule has 0 heterocycles. The third-order valence-corrected chi connectivity index (χ3v) is 13.5. The Morgan fingerprint density at radius 2 is 0.661 bits per heavy atom. The van der Waals surface area contributed by atoms with Gasteiger partial charge < -0.3 is 15.5 Å². The lowest BCUT2D eigenvalue weighted by molar-refractivity contribution is -0.123. The van der Waals surface area contributed by atoms with Crippen molar-refractivity contribution in [3.05, 3.63) is 24.3 Å². The highest BCUT2D eigenvalue weighted by Gasteiger charge is 2.20. The van der Waals surface area contributed by atoms with Crippen LogP contribution in [0.3, 0.4) is 0 Å². The van der Waals surface area contributed by atoms with Crippen LogP contribution in [-0.4, -0.2) is 34.9 Å². The second-order valence-corrected chi connectivity index (χ2v) is 19.7. The molecule has 0 aliphatic rings. The second-order valence-electron chi connectivity index (χ2n) is 19.7. The van der Waals surface area contributed by atoms with Gasteiger partial charge >= 0.3 is 0 Å². The van der Waals surface area contributed by atoms with Gasteiger partial charge in [-0.05, 0) is 44.9 Å². The van der Waals surface area contributed by atoms with Crippen molar-refractivity contribution in [2.24, 2.45) is 0 Å². The van der Waals surface area contributed by atoms with Crippen LogP contribution >= 0.6 is 0 Å². The first-order chi connectivity index (χ1) is 30.7. The number of carbonyl (C=O) groups is 1. The number of hydrogen-bond donors (Lipinski definition) is 3. The Labute approximate surface area is 389 Å². The number of aliphatic hydroxyl groups is 2. The fraction of sp³-hybridized carbons (Fsp3) is 0.914. The van der Waals surface area contributed by atoms with Crippen molar-refractivity contribution >= 4 is 5.91 Å². The van der Waals surface area contributed by atoms with Crippen LogP contribution in [0.1, 0.15) is 322 Å². The van der Waals surface area contributed by atoms with E-state index in [2.05, 4.69) is 43.5 Å². The van der Waals surface area contributed by atoms with E-state index in [0.717, 1.165) is 32.1 Å². The van der Waals surface area contributed by atoms with Gasteiger partial charge in [0.25, 0.3) is 0 Å². The number of aliphatic hydroxyl groups excluding tert-OH is 2. The highest BCUT2D eigenvalue weighted by atomic mass is 16.3. The van der Waals surface area contributed by atoms with Crippen LogP contribution in [0.4, 0.5) is 0 Å². The Hall–Kier alpha value is -1.13. The normalized spacial score (nSPS) is 12.9. The molecule has 3 N–H and O–H groups in total. The molecule has 4 nitrogen and oxygen atoms in total. The van der Waals surface area contributed by atoms with Crippen LogP contribution < -0.4 is 5.32 Å². The lowest BCUT2D eigenvalue weighted by Gasteiger charge is -2.22. The molecule has 0 radical (unpaired) electrons. The molecule has 2 unspecified atom stereocenters. The number of amides is 1. The van der Waals surface area contributed by atoms with Gasteiger partial charge in [-0.1, -0.05) is 295 Å². The van der Waals surface area contributed by atoms with Gasteiger partial charge in [0, 0.05) is 6.42 Å². The summed E-state index contributed by atoms with van der Waals surface area (Å²) in [5.74, 6) is -0.0283. The number of allylic oxidation sites excluding steroid dienone is 4. The summed E-state index contributed by atoms with van der Waals surface area (Å²) in [5, 5.41) is 23.2. The van der Waals surface area contributed by atoms with Gasteiger partial charge in [-0.2, -0.15) is 0 Å². The van der Waals surface area contributed by atoms with Crippen LogP contribution in [0.2, 0.25) is 0 Å². The Morgan fingerprint density at radius 1 is 0.387 bits per heavy atom. The van der Waals surface area contributed by atoms with Gasteiger partial charge in [0.15, 0.2) is 0 Å². The van der Waals surface area contributed by atoms with Gasteiger partial charge in [0.2, 0.25) is 5.91 Å². The van der Waals surface area contributed by atoms with E-state index < -0.39 is 12.1 Å². The van der Waals surface area contributed by atoms with E-state index in [9.17, 15) is 15.0 Å².